The minimum Gasteiger partial charge on any atom is -0.477 e. The van der Waals surface area contributed by atoms with Gasteiger partial charge in [-0.1, -0.05) is 0 Å². The van der Waals surface area contributed by atoms with Crippen molar-refractivity contribution in [3.63, 3.8) is 0 Å². The number of hydrogen-bond donors (Lipinski definition) is 2. The molecule has 0 unspecified atom stereocenters. The van der Waals surface area contributed by atoms with E-state index in [4.69, 9.17) is 4.74 Å². The largest absolute Gasteiger partial charge is 0.477 e. The van der Waals surface area contributed by atoms with Crippen LogP contribution in [0.2, 0.25) is 0 Å². The summed E-state index contributed by atoms with van der Waals surface area (Å²) in [6.07, 6.45) is 4.38. The molecule has 2 N–H and O–H groups in total. The molecular formula is C20H35N5O. The van der Waals surface area contributed by atoms with Gasteiger partial charge in [-0.3, -0.25) is 9.89 Å². The second-order valence-corrected chi connectivity index (χ2v) is 7.53. The Morgan fingerprint density at radius 3 is 2.62 bits per heavy atom. The van der Waals surface area contributed by atoms with E-state index in [1.165, 1.54) is 12.8 Å². The van der Waals surface area contributed by atoms with Gasteiger partial charge < -0.3 is 15.4 Å². The maximum Gasteiger partial charge on any atom is 0.213 e. The van der Waals surface area contributed by atoms with Crippen molar-refractivity contribution in [1.82, 2.24) is 20.5 Å². The normalized spacial score (nSPS) is 15.0. The van der Waals surface area contributed by atoms with Gasteiger partial charge >= 0.3 is 0 Å². The average Bonchev–Trinajstić information content (AvgIpc) is 3.43. The minimum absolute atomic E-state index is 0.539. The van der Waals surface area contributed by atoms with Crippen molar-refractivity contribution in [2.24, 2.45) is 10.9 Å². The second-order valence-electron chi connectivity index (χ2n) is 7.53. The van der Waals surface area contributed by atoms with Crippen molar-refractivity contribution in [3.05, 3.63) is 23.9 Å². The number of hydrogen-bond acceptors (Lipinski definition) is 4. The molecule has 6 nitrogen and oxygen atoms in total. The summed E-state index contributed by atoms with van der Waals surface area (Å²) in [5.41, 5.74) is 1.14. The maximum atomic E-state index is 5.75. The van der Waals surface area contributed by atoms with Crippen molar-refractivity contribution in [2.75, 3.05) is 26.7 Å². The number of aliphatic imine (C=N–C) groups is 1. The van der Waals surface area contributed by atoms with Crippen LogP contribution in [0.5, 0.6) is 5.88 Å². The first-order valence-corrected chi connectivity index (χ1v) is 9.77. The van der Waals surface area contributed by atoms with Crippen molar-refractivity contribution in [1.29, 1.82) is 0 Å². The minimum atomic E-state index is 0.539. The fraction of sp³-hybridized carbons (Fsp3) is 0.700. The Bertz CT molecular complexity index is 561. The molecule has 1 fully saturated rings. The van der Waals surface area contributed by atoms with Gasteiger partial charge in [0, 0.05) is 51.0 Å². The average molecular weight is 362 g/mol. The Morgan fingerprint density at radius 1 is 1.27 bits per heavy atom. The van der Waals surface area contributed by atoms with Crippen LogP contribution < -0.4 is 15.4 Å². The van der Waals surface area contributed by atoms with Gasteiger partial charge in [-0.2, -0.15) is 0 Å². The summed E-state index contributed by atoms with van der Waals surface area (Å²) in [4.78, 5) is 11.1. The molecule has 1 aromatic heterocycles. The predicted octanol–water partition coefficient (Wildman–Crippen LogP) is 2.65. The summed E-state index contributed by atoms with van der Waals surface area (Å²) >= 11 is 0. The molecule has 6 heteroatoms. The molecule has 0 radical (unpaired) electrons. The van der Waals surface area contributed by atoms with Crippen molar-refractivity contribution in [3.8, 4) is 5.88 Å². The Kier molecular flexibility index (Phi) is 8.16. The van der Waals surface area contributed by atoms with E-state index in [0.717, 1.165) is 37.1 Å². The molecule has 146 valence electrons. The molecule has 2 rings (SSSR count). The summed E-state index contributed by atoms with van der Waals surface area (Å²) in [7, 11) is 1.80. The molecule has 1 aliphatic carbocycles. The lowest BCUT2D eigenvalue weighted by Crippen LogP contribution is -2.45. The van der Waals surface area contributed by atoms with Crippen LogP contribution in [-0.4, -0.2) is 54.7 Å². The molecular weight excluding hydrogens is 326 g/mol. The van der Waals surface area contributed by atoms with E-state index in [1.54, 1.807) is 13.2 Å². The number of nitrogens with zero attached hydrogens (tertiary/aromatic N) is 3. The van der Waals surface area contributed by atoms with Crippen LogP contribution in [0.3, 0.4) is 0 Å². The zero-order valence-corrected chi connectivity index (χ0v) is 17.0. The molecule has 26 heavy (non-hydrogen) atoms. The highest BCUT2D eigenvalue weighted by Crippen LogP contribution is 2.29. The highest BCUT2D eigenvalue weighted by atomic mass is 16.5. The highest BCUT2D eigenvalue weighted by Gasteiger charge is 2.22. The maximum absolute atomic E-state index is 5.75. The Morgan fingerprint density at radius 2 is 2.00 bits per heavy atom. The standard InChI is InChI=1S/C20H35N5O/c1-15(2)25(16(3)4)11-10-23-20(21-5)24-13-18-8-9-22-19(12-18)26-14-17-6-7-17/h8-9,12,15-17H,6-7,10-11,13-14H2,1-5H3,(H2,21,23,24). The van der Waals surface area contributed by atoms with Gasteiger partial charge in [0.2, 0.25) is 5.88 Å². The molecule has 1 aromatic rings. The van der Waals surface area contributed by atoms with E-state index in [1.807, 2.05) is 12.1 Å². The van der Waals surface area contributed by atoms with Gasteiger partial charge in [0.25, 0.3) is 0 Å². The SMILES string of the molecule is CN=C(NCCN(C(C)C)C(C)C)NCc1ccnc(OCC2CC2)c1. The zero-order valence-electron chi connectivity index (χ0n) is 17.0. The molecule has 0 spiro atoms. The number of rotatable bonds is 10. The lowest BCUT2D eigenvalue weighted by atomic mass is 10.2. The first-order chi connectivity index (χ1) is 12.5. The first kappa shape index (κ1) is 20.5. The summed E-state index contributed by atoms with van der Waals surface area (Å²) in [6.45, 7) is 12.3. The predicted molar refractivity (Wildman–Crippen MR) is 108 cm³/mol. The monoisotopic (exact) mass is 361 g/mol. The fourth-order valence-corrected chi connectivity index (χ4v) is 2.95. The van der Waals surface area contributed by atoms with Crippen molar-refractivity contribution < 1.29 is 4.74 Å². The third-order valence-electron chi connectivity index (χ3n) is 4.64. The second kappa shape index (κ2) is 10.4. The van der Waals surface area contributed by atoms with Gasteiger partial charge in [0.15, 0.2) is 5.96 Å². The Balaban J connectivity index is 1.74. The zero-order chi connectivity index (χ0) is 18.9. The number of aromatic nitrogens is 1. The van der Waals surface area contributed by atoms with E-state index in [-0.39, 0.29) is 0 Å². The number of pyridine rings is 1. The highest BCUT2D eigenvalue weighted by molar-refractivity contribution is 5.79. The molecule has 0 aliphatic heterocycles. The van der Waals surface area contributed by atoms with Crippen LogP contribution in [-0.2, 0) is 6.54 Å². The smallest absolute Gasteiger partial charge is 0.213 e. The van der Waals surface area contributed by atoms with Crippen LogP contribution >= 0.6 is 0 Å². The summed E-state index contributed by atoms with van der Waals surface area (Å²) < 4.78 is 5.75. The summed E-state index contributed by atoms with van der Waals surface area (Å²) in [5.74, 6) is 2.26. The lowest BCUT2D eigenvalue weighted by molar-refractivity contribution is 0.178. The molecule has 0 atom stereocenters. The quantitative estimate of drug-likeness (QED) is 0.496. The van der Waals surface area contributed by atoms with Gasteiger partial charge in [-0.05, 0) is 58.1 Å². The van der Waals surface area contributed by atoms with E-state index in [2.05, 4.69) is 53.2 Å². The summed E-state index contributed by atoms with van der Waals surface area (Å²) in [5, 5.41) is 6.75. The van der Waals surface area contributed by atoms with Crippen LogP contribution in [0.25, 0.3) is 0 Å². The first-order valence-electron chi connectivity index (χ1n) is 9.77. The number of guanidine groups is 1. The molecule has 0 amide bonds. The molecule has 0 aromatic carbocycles. The molecule has 1 heterocycles. The third-order valence-corrected chi connectivity index (χ3v) is 4.64. The Labute approximate surface area is 158 Å². The van der Waals surface area contributed by atoms with Crippen LogP contribution in [0.4, 0.5) is 0 Å². The number of nitrogens with one attached hydrogen (secondary N) is 2. The molecule has 0 saturated heterocycles. The van der Waals surface area contributed by atoms with Crippen LogP contribution in [0.1, 0.15) is 46.1 Å². The van der Waals surface area contributed by atoms with E-state index >= 15 is 0 Å². The van der Waals surface area contributed by atoms with Crippen LogP contribution in [0.15, 0.2) is 23.3 Å². The van der Waals surface area contributed by atoms with E-state index in [0.29, 0.717) is 24.5 Å². The van der Waals surface area contributed by atoms with E-state index in [9.17, 15) is 0 Å². The topological polar surface area (TPSA) is 61.8 Å². The van der Waals surface area contributed by atoms with Crippen molar-refractivity contribution in [2.45, 2.75) is 59.2 Å². The molecule has 0 bridgehead atoms. The Hall–Kier alpha value is -1.82. The fourth-order valence-electron chi connectivity index (χ4n) is 2.95. The van der Waals surface area contributed by atoms with Gasteiger partial charge in [-0.15, -0.1) is 0 Å². The molecule has 1 saturated carbocycles. The summed E-state index contributed by atoms with van der Waals surface area (Å²) in [6, 6.07) is 5.08. The lowest BCUT2D eigenvalue weighted by Gasteiger charge is -2.30. The van der Waals surface area contributed by atoms with E-state index < -0.39 is 0 Å². The third kappa shape index (κ3) is 7.20. The van der Waals surface area contributed by atoms with Crippen LogP contribution in [0, 0.1) is 5.92 Å². The van der Waals surface area contributed by atoms with Gasteiger partial charge in [0.05, 0.1) is 6.61 Å². The van der Waals surface area contributed by atoms with Crippen molar-refractivity contribution >= 4 is 5.96 Å². The van der Waals surface area contributed by atoms with Gasteiger partial charge in [-0.25, -0.2) is 4.98 Å². The molecule has 1 aliphatic rings. The van der Waals surface area contributed by atoms with Gasteiger partial charge in [0.1, 0.15) is 0 Å². The number of ether oxygens (including phenoxy) is 1.